The maximum absolute atomic E-state index is 5.89. The Hall–Kier alpha value is -1.60. The smallest absolute Gasteiger partial charge is 0.0115 e. The lowest BCUT2D eigenvalue weighted by molar-refractivity contribution is 0.991. The van der Waals surface area contributed by atoms with Gasteiger partial charge in [0.1, 0.15) is 0 Å². The Kier molecular flexibility index (Phi) is 2.26. The van der Waals surface area contributed by atoms with Crippen LogP contribution in [-0.2, 0) is 0 Å². The lowest BCUT2D eigenvalue weighted by Crippen LogP contribution is -2.00. The maximum Gasteiger partial charge on any atom is 0.0115 e. The molecule has 1 aliphatic carbocycles. The minimum Gasteiger partial charge on any atom is -0.327 e. The summed E-state index contributed by atoms with van der Waals surface area (Å²) in [6.45, 7) is 0. The molecular formula is C15H15N. The molecule has 1 fully saturated rings. The molecule has 0 bridgehead atoms. The molecule has 1 saturated carbocycles. The van der Waals surface area contributed by atoms with Crippen molar-refractivity contribution in [2.45, 2.75) is 18.4 Å². The topological polar surface area (TPSA) is 26.0 Å². The van der Waals surface area contributed by atoms with Gasteiger partial charge in [0, 0.05) is 12.0 Å². The van der Waals surface area contributed by atoms with Crippen LogP contribution in [0.1, 0.15) is 17.9 Å². The van der Waals surface area contributed by atoms with Crippen LogP contribution in [0.15, 0.2) is 54.6 Å². The largest absolute Gasteiger partial charge is 0.327 e. The van der Waals surface area contributed by atoms with Gasteiger partial charge in [-0.2, -0.15) is 0 Å². The fourth-order valence-electron chi connectivity index (χ4n) is 2.18. The van der Waals surface area contributed by atoms with Crippen LogP contribution in [0, 0.1) is 0 Å². The summed E-state index contributed by atoms with van der Waals surface area (Å²) in [7, 11) is 0. The highest BCUT2D eigenvalue weighted by atomic mass is 14.7. The summed E-state index contributed by atoms with van der Waals surface area (Å²) < 4.78 is 0. The molecular weight excluding hydrogens is 194 g/mol. The third-order valence-corrected chi connectivity index (χ3v) is 3.26. The third kappa shape index (κ3) is 1.74. The van der Waals surface area contributed by atoms with Crippen LogP contribution in [0.5, 0.6) is 0 Å². The number of hydrogen-bond acceptors (Lipinski definition) is 1. The van der Waals surface area contributed by atoms with E-state index >= 15 is 0 Å². The van der Waals surface area contributed by atoms with Crippen molar-refractivity contribution in [1.29, 1.82) is 0 Å². The zero-order valence-electron chi connectivity index (χ0n) is 9.14. The molecule has 1 aliphatic rings. The zero-order valence-corrected chi connectivity index (χ0v) is 9.14. The second kappa shape index (κ2) is 3.76. The summed E-state index contributed by atoms with van der Waals surface area (Å²) in [6.07, 6.45) is 1.14. The molecule has 0 amide bonds. The molecule has 1 nitrogen and oxygen atoms in total. The molecule has 2 N–H and O–H groups in total. The summed E-state index contributed by atoms with van der Waals surface area (Å²) in [6, 6.07) is 19.6. The van der Waals surface area contributed by atoms with Crippen LogP contribution in [0.4, 0.5) is 0 Å². The number of hydrogen-bond donors (Lipinski definition) is 1. The quantitative estimate of drug-likeness (QED) is 0.807. The SMILES string of the molecule is N[C@@H]1C[C@H]1c1cccc(-c2ccccc2)c1. The van der Waals surface area contributed by atoms with Crippen LogP contribution in [0.2, 0.25) is 0 Å². The van der Waals surface area contributed by atoms with Gasteiger partial charge in [-0.1, -0.05) is 54.6 Å². The summed E-state index contributed by atoms with van der Waals surface area (Å²) in [5.41, 5.74) is 9.84. The van der Waals surface area contributed by atoms with Crippen molar-refractivity contribution >= 4 is 0 Å². The first-order valence-corrected chi connectivity index (χ1v) is 5.75. The summed E-state index contributed by atoms with van der Waals surface area (Å²) >= 11 is 0. The predicted octanol–water partition coefficient (Wildman–Crippen LogP) is 3.17. The second-order valence-electron chi connectivity index (χ2n) is 4.50. The molecule has 0 saturated heterocycles. The van der Waals surface area contributed by atoms with Gasteiger partial charge in [-0.15, -0.1) is 0 Å². The molecule has 0 aliphatic heterocycles. The van der Waals surface area contributed by atoms with Crippen molar-refractivity contribution in [1.82, 2.24) is 0 Å². The van der Waals surface area contributed by atoms with Crippen LogP contribution >= 0.6 is 0 Å². The Bertz CT molecular complexity index is 490. The Balaban J connectivity index is 1.97. The van der Waals surface area contributed by atoms with Crippen molar-refractivity contribution in [3.63, 3.8) is 0 Å². The first-order chi connectivity index (χ1) is 7.84. The van der Waals surface area contributed by atoms with Gasteiger partial charge in [-0.05, 0) is 23.1 Å². The van der Waals surface area contributed by atoms with Gasteiger partial charge < -0.3 is 5.73 Å². The van der Waals surface area contributed by atoms with E-state index in [0.29, 0.717) is 12.0 Å². The summed E-state index contributed by atoms with van der Waals surface area (Å²) in [4.78, 5) is 0. The lowest BCUT2D eigenvalue weighted by atomic mass is 10.0. The molecule has 0 spiro atoms. The van der Waals surface area contributed by atoms with E-state index in [-0.39, 0.29) is 0 Å². The maximum atomic E-state index is 5.89. The van der Waals surface area contributed by atoms with Gasteiger partial charge in [-0.25, -0.2) is 0 Å². The monoisotopic (exact) mass is 209 g/mol. The number of rotatable bonds is 2. The van der Waals surface area contributed by atoms with E-state index in [2.05, 4.69) is 48.5 Å². The van der Waals surface area contributed by atoms with Gasteiger partial charge >= 0.3 is 0 Å². The van der Waals surface area contributed by atoms with Crippen molar-refractivity contribution in [2.75, 3.05) is 0 Å². The normalized spacial score (nSPS) is 23.1. The standard InChI is InChI=1S/C15H15N/c16-15-10-14(15)13-8-4-7-12(9-13)11-5-2-1-3-6-11/h1-9,14-15H,10,16H2/t14-,15+/m0/s1. The van der Waals surface area contributed by atoms with E-state index in [1.165, 1.54) is 16.7 Å². The van der Waals surface area contributed by atoms with E-state index in [1.54, 1.807) is 0 Å². The molecule has 1 heteroatoms. The predicted molar refractivity (Wildman–Crippen MR) is 67.2 cm³/mol. The van der Waals surface area contributed by atoms with E-state index in [1.807, 2.05) is 6.07 Å². The van der Waals surface area contributed by atoms with E-state index in [0.717, 1.165) is 6.42 Å². The van der Waals surface area contributed by atoms with E-state index in [4.69, 9.17) is 5.73 Å². The summed E-state index contributed by atoms with van der Waals surface area (Å²) in [5, 5.41) is 0. The van der Waals surface area contributed by atoms with Crippen molar-refractivity contribution in [3.05, 3.63) is 60.2 Å². The van der Waals surface area contributed by atoms with Crippen molar-refractivity contribution < 1.29 is 0 Å². The highest BCUT2D eigenvalue weighted by molar-refractivity contribution is 5.64. The molecule has 2 atom stereocenters. The van der Waals surface area contributed by atoms with Gasteiger partial charge in [0.2, 0.25) is 0 Å². The molecule has 0 unspecified atom stereocenters. The Morgan fingerprint density at radius 2 is 1.56 bits per heavy atom. The van der Waals surface area contributed by atoms with E-state index < -0.39 is 0 Å². The fraction of sp³-hybridized carbons (Fsp3) is 0.200. The van der Waals surface area contributed by atoms with E-state index in [9.17, 15) is 0 Å². The minimum atomic E-state index is 0.381. The average molecular weight is 209 g/mol. The Morgan fingerprint density at radius 1 is 0.875 bits per heavy atom. The molecule has 0 aromatic heterocycles. The van der Waals surface area contributed by atoms with Gasteiger partial charge in [-0.3, -0.25) is 0 Å². The fourth-order valence-corrected chi connectivity index (χ4v) is 2.18. The minimum absolute atomic E-state index is 0.381. The second-order valence-corrected chi connectivity index (χ2v) is 4.50. The molecule has 0 heterocycles. The molecule has 80 valence electrons. The molecule has 2 aromatic carbocycles. The molecule has 0 radical (unpaired) electrons. The zero-order chi connectivity index (χ0) is 11.0. The van der Waals surface area contributed by atoms with Crippen LogP contribution in [-0.4, -0.2) is 6.04 Å². The third-order valence-electron chi connectivity index (χ3n) is 3.26. The Morgan fingerprint density at radius 3 is 2.25 bits per heavy atom. The van der Waals surface area contributed by atoms with Crippen molar-refractivity contribution in [2.24, 2.45) is 5.73 Å². The summed E-state index contributed by atoms with van der Waals surface area (Å²) in [5.74, 6) is 0.587. The number of nitrogens with two attached hydrogens (primary N) is 1. The number of benzene rings is 2. The lowest BCUT2D eigenvalue weighted by Gasteiger charge is -2.04. The van der Waals surface area contributed by atoms with Gasteiger partial charge in [0.25, 0.3) is 0 Å². The van der Waals surface area contributed by atoms with Gasteiger partial charge in [0.05, 0.1) is 0 Å². The highest BCUT2D eigenvalue weighted by Crippen LogP contribution is 2.39. The molecule has 16 heavy (non-hydrogen) atoms. The average Bonchev–Trinajstić information content (AvgIpc) is 3.08. The molecule has 2 aromatic rings. The first kappa shape index (κ1) is 9.61. The first-order valence-electron chi connectivity index (χ1n) is 5.75. The highest BCUT2D eigenvalue weighted by Gasteiger charge is 2.34. The molecule has 3 rings (SSSR count). The van der Waals surface area contributed by atoms with Gasteiger partial charge in [0.15, 0.2) is 0 Å². The van der Waals surface area contributed by atoms with Crippen molar-refractivity contribution in [3.8, 4) is 11.1 Å². The van der Waals surface area contributed by atoms with Crippen LogP contribution < -0.4 is 5.73 Å². The van der Waals surface area contributed by atoms with Crippen LogP contribution in [0.3, 0.4) is 0 Å². The Labute approximate surface area is 95.9 Å². The van der Waals surface area contributed by atoms with Crippen LogP contribution in [0.25, 0.3) is 11.1 Å².